The predicted molar refractivity (Wildman–Crippen MR) is 144 cm³/mol. The smallest absolute Gasteiger partial charge is 0.321 e. The van der Waals surface area contributed by atoms with Crippen LogP contribution in [0, 0.1) is 5.92 Å². The van der Waals surface area contributed by atoms with E-state index in [9.17, 15) is 14.4 Å². The number of benzene rings is 2. The van der Waals surface area contributed by atoms with E-state index in [0.29, 0.717) is 49.2 Å². The molecule has 3 saturated heterocycles. The lowest BCUT2D eigenvalue weighted by molar-refractivity contribution is -0.141. The van der Waals surface area contributed by atoms with Crippen molar-refractivity contribution in [1.29, 1.82) is 0 Å². The number of hydrogen-bond donors (Lipinski definition) is 1. The lowest BCUT2D eigenvalue weighted by Gasteiger charge is -2.43. The largest absolute Gasteiger partial charge is 0.341 e. The van der Waals surface area contributed by atoms with Gasteiger partial charge < -0.3 is 24.9 Å². The summed E-state index contributed by atoms with van der Waals surface area (Å²) in [7, 11) is 0. The van der Waals surface area contributed by atoms with Gasteiger partial charge in [-0.2, -0.15) is 0 Å². The summed E-state index contributed by atoms with van der Waals surface area (Å²) in [6.45, 7) is 5.07. The number of piperidine rings is 2. The predicted octanol–water partition coefficient (Wildman–Crippen LogP) is 4.27. The van der Waals surface area contributed by atoms with E-state index in [2.05, 4.69) is 17.1 Å². The monoisotopic (exact) mass is 523 g/mol. The minimum absolute atomic E-state index is 0.0173. The molecule has 1 N–H and O–H groups in total. The second-order valence-corrected chi connectivity index (χ2v) is 10.9. The van der Waals surface area contributed by atoms with Gasteiger partial charge in [-0.05, 0) is 61.9 Å². The second-order valence-electron chi connectivity index (χ2n) is 10.4. The lowest BCUT2D eigenvalue weighted by Crippen LogP contribution is -2.58. The molecule has 37 heavy (non-hydrogen) atoms. The first-order valence-electron chi connectivity index (χ1n) is 13.1. The molecule has 196 valence electrons. The van der Waals surface area contributed by atoms with Crippen LogP contribution >= 0.6 is 11.6 Å². The van der Waals surface area contributed by atoms with Crippen LogP contribution in [0.3, 0.4) is 0 Å². The fourth-order valence-electron chi connectivity index (χ4n) is 5.69. The molecule has 0 saturated carbocycles. The highest BCUT2D eigenvalue weighted by molar-refractivity contribution is 6.30. The normalized spacial score (nSPS) is 20.0. The Balaban J connectivity index is 1.30. The number of anilines is 2. The van der Waals surface area contributed by atoms with E-state index < -0.39 is 5.54 Å². The molecule has 1 spiro atoms. The number of nitrogens with one attached hydrogen (secondary N) is 1. The molecular formula is C28H34ClN5O3. The Morgan fingerprint density at radius 1 is 0.973 bits per heavy atom. The molecule has 8 nitrogen and oxygen atoms in total. The number of para-hydroxylation sites is 1. The Labute approximate surface area is 223 Å². The topological polar surface area (TPSA) is 76.2 Å². The van der Waals surface area contributed by atoms with Crippen LogP contribution < -0.4 is 10.2 Å². The van der Waals surface area contributed by atoms with Crippen molar-refractivity contribution in [2.45, 2.75) is 38.1 Å². The summed E-state index contributed by atoms with van der Waals surface area (Å²) in [6, 6.07) is 16.7. The van der Waals surface area contributed by atoms with Crippen molar-refractivity contribution in [3.8, 4) is 0 Å². The lowest BCUT2D eigenvalue weighted by atomic mass is 9.85. The summed E-state index contributed by atoms with van der Waals surface area (Å²) in [5.41, 5.74) is 0.817. The molecular weight excluding hydrogens is 490 g/mol. The van der Waals surface area contributed by atoms with Crippen LogP contribution in [0.2, 0.25) is 5.02 Å². The highest BCUT2D eigenvalue weighted by atomic mass is 35.5. The van der Waals surface area contributed by atoms with E-state index in [1.807, 2.05) is 35.2 Å². The van der Waals surface area contributed by atoms with Gasteiger partial charge in [-0.15, -0.1) is 0 Å². The van der Waals surface area contributed by atoms with Crippen LogP contribution in [-0.4, -0.2) is 77.5 Å². The maximum atomic E-state index is 13.9. The van der Waals surface area contributed by atoms with E-state index in [1.54, 1.807) is 34.1 Å². The van der Waals surface area contributed by atoms with Crippen LogP contribution in [0.5, 0.6) is 0 Å². The van der Waals surface area contributed by atoms with Crippen LogP contribution in [0.25, 0.3) is 0 Å². The Hall–Kier alpha value is -3.26. The van der Waals surface area contributed by atoms with Crippen molar-refractivity contribution < 1.29 is 14.4 Å². The van der Waals surface area contributed by atoms with Crippen molar-refractivity contribution in [1.82, 2.24) is 14.7 Å². The number of carbonyl (C=O) groups excluding carboxylic acids is 3. The van der Waals surface area contributed by atoms with Crippen LogP contribution in [0.1, 0.15) is 32.6 Å². The van der Waals surface area contributed by atoms with Crippen molar-refractivity contribution in [3.63, 3.8) is 0 Å². The number of hydrogen-bond acceptors (Lipinski definition) is 4. The minimum Gasteiger partial charge on any atom is -0.341 e. The summed E-state index contributed by atoms with van der Waals surface area (Å²) in [5, 5.41) is 3.46. The van der Waals surface area contributed by atoms with Gasteiger partial charge in [0.25, 0.3) is 5.91 Å². The summed E-state index contributed by atoms with van der Waals surface area (Å²) >= 11 is 6.05. The number of rotatable bonds is 4. The van der Waals surface area contributed by atoms with Crippen molar-refractivity contribution in [2.75, 3.05) is 49.6 Å². The first kappa shape index (κ1) is 25.4. The summed E-state index contributed by atoms with van der Waals surface area (Å²) < 4.78 is 0. The number of urea groups is 1. The van der Waals surface area contributed by atoms with Gasteiger partial charge in [-0.3, -0.25) is 9.59 Å². The fraction of sp³-hybridized carbons (Fsp3) is 0.464. The highest BCUT2D eigenvalue weighted by Gasteiger charge is 2.54. The number of nitrogens with zero attached hydrogens (tertiary/aromatic N) is 4. The molecule has 2 aromatic rings. The molecule has 0 aromatic heterocycles. The van der Waals surface area contributed by atoms with Crippen LogP contribution in [0.15, 0.2) is 54.6 Å². The average Bonchev–Trinajstić information content (AvgIpc) is 3.16. The zero-order valence-corrected chi connectivity index (χ0v) is 22.0. The Bertz CT molecular complexity index is 1140. The third-order valence-corrected chi connectivity index (χ3v) is 8.23. The summed E-state index contributed by atoms with van der Waals surface area (Å²) in [6.07, 6.45) is 3.00. The Morgan fingerprint density at radius 3 is 2.35 bits per heavy atom. The van der Waals surface area contributed by atoms with Gasteiger partial charge in [0.2, 0.25) is 5.91 Å². The van der Waals surface area contributed by atoms with Gasteiger partial charge in [0.15, 0.2) is 0 Å². The average molecular weight is 524 g/mol. The second kappa shape index (κ2) is 10.6. The molecule has 0 bridgehead atoms. The van der Waals surface area contributed by atoms with Crippen molar-refractivity contribution >= 4 is 40.8 Å². The maximum absolute atomic E-state index is 13.9. The zero-order chi connectivity index (χ0) is 26.0. The van der Waals surface area contributed by atoms with Gasteiger partial charge in [-0.1, -0.05) is 42.8 Å². The minimum atomic E-state index is -0.773. The zero-order valence-electron chi connectivity index (χ0n) is 21.2. The van der Waals surface area contributed by atoms with Crippen LogP contribution in [-0.2, 0) is 9.59 Å². The molecule has 2 aromatic carbocycles. The van der Waals surface area contributed by atoms with E-state index in [-0.39, 0.29) is 24.4 Å². The van der Waals surface area contributed by atoms with E-state index in [0.717, 1.165) is 31.6 Å². The molecule has 4 amide bonds. The Morgan fingerprint density at radius 2 is 1.68 bits per heavy atom. The van der Waals surface area contributed by atoms with Gasteiger partial charge in [0.1, 0.15) is 12.1 Å². The number of halogens is 1. The molecule has 0 atom stereocenters. The molecule has 5 rings (SSSR count). The molecule has 9 heteroatoms. The number of amides is 4. The summed E-state index contributed by atoms with van der Waals surface area (Å²) in [5.74, 6) is 0.629. The molecule has 3 aliphatic rings. The molecule has 3 heterocycles. The number of carbonyl (C=O) groups is 3. The first-order valence-corrected chi connectivity index (χ1v) is 13.4. The van der Waals surface area contributed by atoms with E-state index in [1.165, 1.54) is 0 Å². The van der Waals surface area contributed by atoms with Crippen molar-refractivity contribution in [2.24, 2.45) is 5.92 Å². The summed E-state index contributed by atoms with van der Waals surface area (Å²) in [4.78, 5) is 47.4. The van der Waals surface area contributed by atoms with Gasteiger partial charge in [-0.25, -0.2) is 4.79 Å². The van der Waals surface area contributed by atoms with Gasteiger partial charge in [0, 0.05) is 42.6 Å². The SMILES string of the molecule is CC1CCN(C(=O)CN2CN(c3ccccc3)C3(CCN(C(=O)Nc4cccc(Cl)c4)CC3)C2=O)CC1. The molecule has 0 unspecified atom stereocenters. The van der Waals surface area contributed by atoms with E-state index >= 15 is 0 Å². The molecule has 3 fully saturated rings. The quantitative estimate of drug-likeness (QED) is 0.649. The third-order valence-electron chi connectivity index (χ3n) is 8.00. The molecule has 3 aliphatic heterocycles. The first-order chi connectivity index (χ1) is 17.9. The van der Waals surface area contributed by atoms with E-state index in [4.69, 9.17) is 11.6 Å². The molecule has 0 aliphatic carbocycles. The Kier molecular flexibility index (Phi) is 7.29. The standard InChI is InChI=1S/C28H34ClN5O3/c1-21-10-14-31(15-11-21)25(35)19-33-20-34(24-8-3-2-4-9-24)28(26(33)36)12-16-32(17-13-28)27(37)30-23-7-5-6-22(29)18-23/h2-9,18,21H,10-17,19-20H2,1H3,(H,30,37). The van der Waals surface area contributed by atoms with Crippen molar-refractivity contribution in [3.05, 3.63) is 59.6 Å². The fourth-order valence-corrected chi connectivity index (χ4v) is 5.88. The third kappa shape index (κ3) is 5.25. The van der Waals surface area contributed by atoms with Gasteiger partial charge in [0.05, 0.1) is 6.67 Å². The number of likely N-dealkylation sites (tertiary alicyclic amines) is 2. The molecule has 0 radical (unpaired) electrons. The van der Waals surface area contributed by atoms with Crippen LogP contribution in [0.4, 0.5) is 16.2 Å². The maximum Gasteiger partial charge on any atom is 0.321 e. The highest BCUT2D eigenvalue weighted by Crippen LogP contribution is 2.39. The van der Waals surface area contributed by atoms with Gasteiger partial charge >= 0.3 is 6.03 Å².